The highest BCUT2D eigenvalue weighted by molar-refractivity contribution is 7.91. The quantitative estimate of drug-likeness (QED) is 0.688. The van der Waals surface area contributed by atoms with E-state index in [0.29, 0.717) is 5.56 Å². The number of rotatable bonds is 4. The van der Waals surface area contributed by atoms with Crippen LogP contribution in [0, 0.1) is 5.82 Å². The first-order valence-corrected chi connectivity index (χ1v) is 7.70. The maximum absolute atomic E-state index is 12.7. The third-order valence-corrected chi connectivity index (χ3v) is 3.79. The van der Waals surface area contributed by atoms with Gasteiger partial charge in [-0.1, -0.05) is 23.7 Å². The summed E-state index contributed by atoms with van der Waals surface area (Å²) in [6.45, 7) is 0. The third-order valence-electron chi connectivity index (χ3n) is 2.20. The van der Waals surface area contributed by atoms with Crippen molar-refractivity contribution in [2.75, 3.05) is 4.72 Å². The standard InChI is InChI=1S/C11H8Cl2FN3O2S/c12-9-5-10(16-11(13)15-9)17-20(18,19)6-7-1-3-8(14)4-2-7/h1-5H,6H2,(H,15,16,17). The largest absolute Gasteiger partial charge is 0.267 e. The van der Waals surface area contributed by atoms with Gasteiger partial charge in [0, 0.05) is 6.07 Å². The number of halogens is 3. The lowest BCUT2D eigenvalue weighted by Gasteiger charge is -2.07. The minimum atomic E-state index is -3.71. The van der Waals surface area contributed by atoms with Crippen LogP contribution in [0.4, 0.5) is 10.2 Å². The molecule has 0 atom stereocenters. The Balaban J connectivity index is 2.16. The molecule has 1 heterocycles. The molecule has 0 aliphatic heterocycles. The molecule has 0 aliphatic carbocycles. The molecule has 0 radical (unpaired) electrons. The Morgan fingerprint density at radius 1 is 1.15 bits per heavy atom. The first-order valence-electron chi connectivity index (χ1n) is 5.29. The number of nitrogens with zero attached hydrogens (tertiary/aromatic N) is 2. The van der Waals surface area contributed by atoms with Gasteiger partial charge in [0.15, 0.2) is 0 Å². The summed E-state index contributed by atoms with van der Waals surface area (Å²) in [7, 11) is -3.71. The summed E-state index contributed by atoms with van der Waals surface area (Å²) < 4.78 is 38.8. The van der Waals surface area contributed by atoms with Crippen molar-refractivity contribution in [2.24, 2.45) is 0 Å². The average molecular weight is 336 g/mol. The van der Waals surface area contributed by atoms with Gasteiger partial charge in [-0.05, 0) is 29.3 Å². The molecule has 0 saturated heterocycles. The number of anilines is 1. The van der Waals surface area contributed by atoms with Gasteiger partial charge in [0.25, 0.3) is 0 Å². The van der Waals surface area contributed by atoms with E-state index in [1.165, 1.54) is 30.3 Å². The van der Waals surface area contributed by atoms with Crippen LogP contribution in [0.15, 0.2) is 30.3 Å². The van der Waals surface area contributed by atoms with Gasteiger partial charge in [-0.2, -0.15) is 4.98 Å². The van der Waals surface area contributed by atoms with Crippen LogP contribution >= 0.6 is 23.2 Å². The van der Waals surface area contributed by atoms with E-state index in [1.54, 1.807) is 0 Å². The summed E-state index contributed by atoms with van der Waals surface area (Å²) in [4.78, 5) is 7.30. The molecule has 1 aromatic heterocycles. The van der Waals surface area contributed by atoms with Crippen LogP contribution in [0.1, 0.15) is 5.56 Å². The number of hydrogen-bond acceptors (Lipinski definition) is 4. The summed E-state index contributed by atoms with van der Waals surface area (Å²) in [6, 6.07) is 6.37. The lowest BCUT2D eigenvalue weighted by Crippen LogP contribution is -2.16. The second-order valence-electron chi connectivity index (χ2n) is 3.83. The van der Waals surface area contributed by atoms with E-state index >= 15 is 0 Å². The molecule has 0 unspecified atom stereocenters. The van der Waals surface area contributed by atoms with Gasteiger partial charge in [-0.3, -0.25) is 4.72 Å². The fourth-order valence-electron chi connectivity index (χ4n) is 1.44. The van der Waals surface area contributed by atoms with Crippen molar-refractivity contribution in [3.63, 3.8) is 0 Å². The van der Waals surface area contributed by atoms with Crippen molar-refractivity contribution in [2.45, 2.75) is 5.75 Å². The summed E-state index contributed by atoms with van der Waals surface area (Å²) in [5.74, 6) is -0.794. The SMILES string of the molecule is O=S(=O)(Cc1ccc(F)cc1)Nc1cc(Cl)nc(Cl)n1. The molecular formula is C11H8Cl2FN3O2S. The molecular weight excluding hydrogens is 328 g/mol. The van der Waals surface area contributed by atoms with Gasteiger partial charge >= 0.3 is 0 Å². The summed E-state index contributed by atoms with van der Waals surface area (Å²) in [6.07, 6.45) is 0. The molecule has 1 aromatic carbocycles. The van der Waals surface area contributed by atoms with Crippen LogP contribution in [0.25, 0.3) is 0 Å². The minimum Gasteiger partial charge on any atom is -0.267 e. The number of benzene rings is 1. The molecule has 9 heteroatoms. The maximum atomic E-state index is 12.7. The highest BCUT2D eigenvalue weighted by Gasteiger charge is 2.14. The number of hydrogen-bond donors (Lipinski definition) is 1. The molecule has 0 fully saturated rings. The highest BCUT2D eigenvalue weighted by atomic mass is 35.5. The van der Waals surface area contributed by atoms with Crippen molar-refractivity contribution >= 4 is 39.0 Å². The van der Waals surface area contributed by atoms with Crippen LogP contribution in [0.2, 0.25) is 10.4 Å². The topological polar surface area (TPSA) is 72.0 Å². The Kier molecular flexibility index (Phi) is 4.42. The van der Waals surface area contributed by atoms with E-state index in [9.17, 15) is 12.8 Å². The fraction of sp³-hybridized carbons (Fsp3) is 0.0909. The van der Waals surface area contributed by atoms with Gasteiger partial charge in [0.1, 0.15) is 16.8 Å². The van der Waals surface area contributed by atoms with Gasteiger partial charge in [-0.25, -0.2) is 17.8 Å². The lowest BCUT2D eigenvalue weighted by molar-refractivity contribution is 0.599. The van der Waals surface area contributed by atoms with E-state index in [0.717, 1.165) is 0 Å². The van der Waals surface area contributed by atoms with Crippen LogP contribution in [0.5, 0.6) is 0 Å². The Hall–Kier alpha value is -1.44. The summed E-state index contributed by atoms with van der Waals surface area (Å²) in [5, 5.41) is -0.151. The first-order chi connectivity index (χ1) is 9.34. The van der Waals surface area contributed by atoms with Gasteiger partial charge in [0.05, 0.1) is 5.75 Å². The molecule has 1 N–H and O–H groups in total. The summed E-state index contributed by atoms with van der Waals surface area (Å²) >= 11 is 11.2. The van der Waals surface area contributed by atoms with Crippen molar-refractivity contribution in [1.29, 1.82) is 0 Å². The predicted octanol–water partition coefficient (Wildman–Crippen LogP) is 2.86. The van der Waals surface area contributed by atoms with Crippen LogP contribution in [-0.4, -0.2) is 18.4 Å². The Bertz CT molecular complexity index is 703. The van der Waals surface area contributed by atoms with Crippen LogP contribution in [0.3, 0.4) is 0 Å². The number of nitrogens with one attached hydrogen (secondary N) is 1. The Morgan fingerprint density at radius 3 is 2.40 bits per heavy atom. The number of sulfonamides is 1. The molecule has 106 valence electrons. The van der Waals surface area contributed by atoms with Crippen LogP contribution < -0.4 is 4.72 Å². The Morgan fingerprint density at radius 2 is 1.80 bits per heavy atom. The number of aromatic nitrogens is 2. The van der Waals surface area contributed by atoms with E-state index < -0.39 is 15.8 Å². The van der Waals surface area contributed by atoms with Gasteiger partial charge in [0.2, 0.25) is 15.3 Å². The molecule has 0 amide bonds. The monoisotopic (exact) mass is 335 g/mol. The van der Waals surface area contributed by atoms with Crippen LogP contribution in [-0.2, 0) is 15.8 Å². The van der Waals surface area contributed by atoms with Crippen molar-refractivity contribution in [1.82, 2.24) is 9.97 Å². The zero-order chi connectivity index (χ0) is 14.8. The van der Waals surface area contributed by atoms with Gasteiger partial charge < -0.3 is 0 Å². The lowest BCUT2D eigenvalue weighted by atomic mass is 10.2. The van der Waals surface area contributed by atoms with E-state index in [2.05, 4.69) is 14.7 Å². The molecule has 0 spiro atoms. The first kappa shape index (κ1) is 15.0. The second-order valence-corrected chi connectivity index (χ2v) is 6.28. The van der Waals surface area contributed by atoms with Crippen molar-refractivity contribution in [3.05, 3.63) is 52.1 Å². The van der Waals surface area contributed by atoms with Crippen molar-refractivity contribution in [3.8, 4) is 0 Å². The molecule has 0 aliphatic rings. The zero-order valence-corrected chi connectivity index (χ0v) is 12.2. The second kappa shape index (κ2) is 5.90. The van der Waals surface area contributed by atoms with E-state index in [4.69, 9.17) is 23.2 Å². The van der Waals surface area contributed by atoms with E-state index in [1.807, 2.05) is 0 Å². The zero-order valence-electron chi connectivity index (χ0n) is 9.85. The highest BCUT2D eigenvalue weighted by Crippen LogP contribution is 2.17. The van der Waals surface area contributed by atoms with Gasteiger partial charge in [-0.15, -0.1) is 0 Å². The summed E-state index contributed by atoms with van der Waals surface area (Å²) in [5.41, 5.74) is 0.435. The normalized spacial score (nSPS) is 11.3. The smallest absolute Gasteiger partial charge is 0.238 e. The molecule has 2 aromatic rings. The molecule has 5 nitrogen and oxygen atoms in total. The maximum Gasteiger partial charge on any atom is 0.238 e. The average Bonchev–Trinajstić information content (AvgIpc) is 2.29. The Labute approximate surface area is 124 Å². The predicted molar refractivity (Wildman–Crippen MR) is 74.7 cm³/mol. The van der Waals surface area contributed by atoms with E-state index in [-0.39, 0.29) is 22.0 Å². The minimum absolute atomic E-state index is 0.0180. The molecule has 20 heavy (non-hydrogen) atoms. The third kappa shape index (κ3) is 4.29. The molecule has 2 rings (SSSR count). The molecule has 0 bridgehead atoms. The fourth-order valence-corrected chi connectivity index (χ4v) is 2.97. The molecule has 0 saturated carbocycles. The van der Waals surface area contributed by atoms with Crippen molar-refractivity contribution < 1.29 is 12.8 Å².